The zero-order valence-corrected chi connectivity index (χ0v) is 8.02. The minimum absolute atomic E-state index is 0.136. The first-order chi connectivity index (χ1) is 4.95. The van der Waals surface area contributed by atoms with Crippen LogP contribution in [0.25, 0.3) is 0 Å². The summed E-state index contributed by atoms with van der Waals surface area (Å²) in [6, 6.07) is 0. The minimum Gasteiger partial charge on any atom is -0.247 e. The summed E-state index contributed by atoms with van der Waals surface area (Å²) in [6.45, 7) is 11.6. The molecule has 0 aromatic carbocycles. The Morgan fingerprint density at radius 2 is 1.82 bits per heavy atom. The highest BCUT2D eigenvalue weighted by atomic mass is 19.1. The molecule has 0 aliphatic carbocycles. The van der Waals surface area contributed by atoms with Crippen molar-refractivity contribution in [1.29, 1.82) is 0 Å². The quantitative estimate of drug-likeness (QED) is 0.548. The monoisotopic (exact) mass is 158 g/mol. The third-order valence-electron chi connectivity index (χ3n) is 2.14. The fourth-order valence-electron chi connectivity index (χ4n) is 0.811. The van der Waals surface area contributed by atoms with Gasteiger partial charge in [0.15, 0.2) is 0 Å². The number of hydrogen-bond donors (Lipinski definition) is 0. The molecule has 2 unspecified atom stereocenters. The van der Waals surface area contributed by atoms with Crippen molar-refractivity contribution < 1.29 is 4.39 Å². The van der Waals surface area contributed by atoms with Gasteiger partial charge in [0.05, 0.1) is 0 Å². The van der Waals surface area contributed by atoms with Crippen LogP contribution in [-0.2, 0) is 0 Å². The third-order valence-corrected chi connectivity index (χ3v) is 2.14. The van der Waals surface area contributed by atoms with Crippen molar-refractivity contribution in [2.45, 2.75) is 40.3 Å². The molecule has 0 saturated heterocycles. The van der Waals surface area contributed by atoms with E-state index < -0.39 is 6.17 Å². The molecule has 0 radical (unpaired) electrons. The SMILES string of the molecule is C=C(C)C(C)CC(F)C(C)C. The fraction of sp³-hybridized carbons (Fsp3) is 0.800. The molecule has 0 aliphatic heterocycles. The van der Waals surface area contributed by atoms with Gasteiger partial charge in [-0.1, -0.05) is 32.9 Å². The first-order valence-corrected chi connectivity index (χ1v) is 4.24. The van der Waals surface area contributed by atoms with Crippen LogP contribution < -0.4 is 0 Å². The lowest BCUT2D eigenvalue weighted by molar-refractivity contribution is 0.221. The van der Waals surface area contributed by atoms with E-state index in [1.807, 2.05) is 27.7 Å². The van der Waals surface area contributed by atoms with Crippen molar-refractivity contribution in [2.24, 2.45) is 11.8 Å². The van der Waals surface area contributed by atoms with Crippen LogP contribution >= 0.6 is 0 Å². The average Bonchev–Trinajstić information content (AvgIpc) is 1.87. The van der Waals surface area contributed by atoms with E-state index in [1.165, 1.54) is 0 Å². The summed E-state index contributed by atoms with van der Waals surface area (Å²) in [7, 11) is 0. The maximum Gasteiger partial charge on any atom is 0.103 e. The maximum atomic E-state index is 13.1. The zero-order valence-electron chi connectivity index (χ0n) is 8.02. The van der Waals surface area contributed by atoms with Crippen molar-refractivity contribution >= 4 is 0 Å². The van der Waals surface area contributed by atoms with E-state index in [-0.39, 0.29) is 5.92 Å². The van der Waals surface area contributed by atoms with Gasteiger partial charge in [0.2, 0.25) is 0 Å². The second-order valence-corrected chi connectivity index (χ2v) is 3.74. The van der Waals surface area contributed by atoms with Crippen LogP contribution in [0.3, 0.4) is 0 Å². The molecule has 0 aromatic heterocycles. The maximum absolute atomic E-state index is 13.1. The van der Waals surface area contributed by atoms with Gasteiger partial charge in [0.1, 0.15) is 6.17 Å². The molecular formula is C10H19F. The first-order valence-electron chi connectivity index (χ1n) is 4.24. The van der Waals surface area contributed by atoms with Crippen molar-refractivity contribution in [2.75, 3.05) is 0 Å². The number of hydrogen-bond acceptors (Lipinski definition) is 0. The molecule has 11 heavy (non-hydrogen) atoms. The topological polar surface area (TPSA) is 0 Å². The van der Waals surface area contributed by atoms with Crippen LogP contribution in [0.4, 0.5) is 4.39 Å². The molecule has 0 amide bonds. The molecule has 66 valence electrons. The van der Waals surface area contributed by atoms with E-state index in [9.17, 15) is 4.39 Å². The summed E-state index contributed by atoms with van der Waals surface area (Å²) < 4.78 is 13.1. The van der Waals surface area contributed by atoms with Crippen LogP contribution in [-0.4, -0.2) is 6.17 Å². The Bertz CT molecular complexity index is 127. The average molecular weight is 158 g/mol. The molecular weight excluding hydrogens is 139 g/mol. The Morgan fingerprint density at radius 3 is 2.09 bits per heavy atom. The van der Waals surface area contributed by atoms with E-state index in [0.29, 0.717) is 12.3 Å². The predicted molar refractivity (Wildman–Crippen MR) is 48.3 cm³/mol. The number of halogens is 1. The van der Waals surface area contributed by atoms with Gasteiger partial charge in [-0.3, -0.25) is 0 Å². The summed E-state index contributed by atoms with van der Waals surface area (Å²) >= 11 is 0. The molecule has 0 saturated carbocycles. The second kappa shape index (κ2) is 4.53. The van der Waals surface area contributed by atoms with Crippen LogP contribution in [0.5, 0.6) is 0 Å². The van der Waals surface area contributed by atoms with Crippen LogP contribution in [0.15, 0.2) is 12.2 Å². The molecule has 2 atom stereocenters. The summed E-state index contributed by atoms with van der Waals surface area (Å²) in [5, 5.41) is 0. The lowest BCUT2D eigenvalue weighted by atomic mass is 9.93. The summed E-state index contributed by atoms with van der Waals surface area (Å²) in [5.74, 6) is 0.448. The van der Waals surface area contributed by atoms with Crippen LogP contribution in [0, 0.1) is 11.8 Å². The molecule has 0 fully saturated rings. The number of rotatable bonds is 4. The van der Waals surface area contributed by atoms with E-state index in [2.05, 4.69) is 6.58 Å². The largest absolute Gasteiger partial charge is 0.247 e. The first kappa shape index (κ1) is 10.7. The number of alkyl halides is 1. The third kappa shape index (κ3) is 4.18. The molecule has 0 aromatic rings. The Hall–Kier alpha value is -0.330. The lowest BCUT2D eigenvalue weighted by Gasteiger charge is -2.17. The standard InChI is InChI=1S/C10H19F/c1-7(2)9(5)6-10(11)8(3)4/h8-10H,1,6H2,2-5H3. The van der Waals surface area contributed by atoms with Gasteiger partial charge >= 0.3 is 0 Å². The Labute approximate surface area is 69.5 Å². The highest BCUT2D eigenvalue weighted by Crippen LogP contribution is 2.20. The Kier molecular flexibility index (Phi) is 4.39. The van der Waals surface area contributed by atoms with Gasteiger partial charge in [0.25, 0.3) is 0 Å². The van der Waals surface area contributed by atoms with Gasteiger partial charge in [-0.25, -0.2) is 4.39 Å². The summed E-state index contributed by atoms with van der Waals surface area (Å²) in [5.41, 5.74) is 1.08. The van der Waals surface area contributed by atoms with Crippen molar-refractivity contribution in [3.05, 3.63) is 12.2 Å². The van der Waals surface area contributed by atoms with Gasteiger partial charge in [-0.2, -0.15) is 0 Å². The Morgan fingerprint density at radius 1 is 1.36 bits per heavy atom. The van der Waals surface area contributed by atoms with Gasteiger partial charge in [0, 0.05) is 0 Å². The van der Waals surface area contributed by atoms with E-state index >= 15 is 0 Å². The highest BCUT2D eigenvalue weighted by molar-refractivity contribution is 4.94. The normalized spacial score (nSPS) is 16.5. The fourth-order valence-corrected chi connectivity index (χ4v) is 0.811. The molecule has 0 bridgehead atoms. The minimum atomic E-state index is -0.679. The van der Waals surface area contributed by atoms with E-state index in [4.69, 9.17) is 0 Å². The Balaban J connectivity index is 3.75. The van der Waals surface area contributed by atoms with E-state index in [1.54, 1.807) is 0 Å². The van der Waals surface area contributed by atoms with Crippen LogP contribution in [0.2, 0.25) is 0 Å². The van der Waals surface area contributed by atoms with Crippen molar-refractivity contribution in [1.82, 2.24) is 0 Å². The summed E-state index contributed by atoms with van der Waals surface area (Å²) in [6.07, 6.45) is -0.0609. The molecule has 0 rings (SSSR count). The molecule has 0 spiro atoms. The van der Waals surface area contributed by atoms with Gasteiger partial charge in [-0.15, -0.1) is 0 Å². The lowest BCUT2D eigenvalue weighted by Crippen LogP contribution is -2.13. The molecule has 0 nitrogen and oxygen atoms in total. The van der Waals surface area contributed by atoms with Gasteiger partial charge < -0.3 is 0 Å². The van der Waals surface area contributed by atoms with Gasteiger partial charge in [-0.05, 0) is 25.2 Å². The second-order valence-electron chi connectivity index (χ2n) is 3.74. The zero-order chi connectivity index (χ0) is 9.02. The molecule has 0 aliphatic rings. The van der Waals surface area contributed by atoms with Crippen molar-refractivity contribution in [3.8, 4) is 0 Å². The van der Waals surface area contributed by atoms with Crippen molar-refractivity contribution in [3.63, 3.8) is 0 Å². The van der Waals surface area contributed by atoms with Crippen LogP contribution in [0.1, 0.15) is 34.1 Å². The summed E-state index contributed by atoms with van der Waals surface area (Å²) in [4.78, 5) is 0. The molecule has 1 heteroatoms. The smallest absolute Gasteiger partial charge is 0.103 e. The number of allylic oxidation sites excluding steroid dienone is 1. The van der Waals surface area contributed by atoms with E-state index in [0.717, 1.165) is 5.57 Å². The highest BCUT2D eigenvalue weighted by Gasteiger charge is 2.15. The molecule has 0 heterocycles. The molecule has 0 N–H and O–H groups in total. The predicted octanol–water partition coefficient (Wildman–Crippen LogP) is 3.58.